The standard InChI is InChI=1S/C7H10N2OS2/c10-12(6-1-2-8-5-6)7-9-3-4-11-7/h3-4,6,8H,1-2,5H2/t6-,12+/m0/s1. The molecular formula is C7H10N2OS2. The van der Waals surface area contributed by atoms with Gasteiger partial charge in [-0.3, -0.25) is 4.21 Å². The highest BCUT2D eigenvalue weighted by Gasteiger charge is 2.23. The molecule has 1 saturated heterocycles. The van der Waals surface area contributed by atoms with Gasteiger partial charge in [0.05, 0.1) is 16.0 Å². The van der Waals surface area contributed by atoms with Crippen LogP contribution in [0.2, 0.25) is 0 Å². The Kier molecular flexibility index (Phi) is 2.53. The van der Waals surface area contributed by atoms with Gasteiger partial charge in [-0.25, -0.2) is 4.98 Å². The molecule has 1 aliphatic rings. The van der Waals surface area contributed by atoms with E-state index >= 15 is 0 Å². The van der Waals surface area contributed by atoms with Crippen molar-refractivity contribution in [2.45, 2.75) is 16.0 Å². The maximum atomic E-state index is 11.7. The zero-order valence-corrected chi connectivity index (χ0v) is 8.16. The molecule has 1 aliphatic heterocycles. The van der Waals surface area contributed by atoms with Crippen LogP contribution >= 0.6 is 11.3 Å². The molecule has 66 valence electrons. The minimum Gasteiger partial charge on any atom is -0.315 e. The van der Waals surface area contributed by atoms with Crippen molar-refractivity contribution < 1.29 is 4.21 Å². The first-order valence-corrected chi connectivity index (χ1v) is 5.98. The van der Waals surface area contributed by atoms with Crippen LogP contribution in [0, 0.1) is 0 Å². The van der Waals surface area contributed by atoms with Gasteiger partial charge in [0.25, 0.3) is 0 Å². The molecule has 0 radical (unpaired) electrons. The van der Waals surface area contributed by atoms with Gasteiger partial charge in [-0.15, -0.1) is 11.3 Å². The van der Waals surface area contributed by atoms with Crippen molar-refractivity contribution in [3.63, 3.8) is 0 Å². The maximum Gasteiger partial charge on any atom is 0.180 e. The lowest BCUT2D eigenvalue weighted by molar-refractivity contribution is 0.671. The summed E-state index contributed by atoms with van der Waals surface area (Å²) in [7, 11) is -0.883. The van der Waals surface area contributed by atoms with Crippen molar-refractivity contribution in [3.8, 4) is 0 Å². The van der Waals surface area contributed by atoms with Crippen molar-refractivity contribution in [2.24, 2.45) is 0 Å². The molecule has 0 saturated carbocycles. The van der Waals surface area contributed by atoms with E-state index in [1.54, 1.807) is 6.20 Å². The predicted octanol–water partition coefficient (Wildman–Crippen LogP) is 0.613. The smallest absolute Gasteiger partial charge is 0.180 e. The fourth-order valence-electron chi connectivity index (χ4n) is 1.26. The average molecular weight is 202 g/mol. The van der Waals surface area contributed by atoms with Crippen molar-refractivity contribution in [3.05, 3.63) is 11.6 Å². The fraction of sp³-hybridized carbons (Fsp3) is 0.571. The maximum absolute atomic E-state index is 11.7. The fourth-order valence-corrected chi connectivity index (χ4v) is 3.63. The molecule has 3 nitrogen and oxygen atoms in total. The molecule has 2 rings (SSSR count). The Morgan fingerprint density at radius 2 is 2.67 bits per heavy atom. The van der Waals surface area contributed by atoms with Crippen LogP contribution in [0.1, 0.15) is 6.42 Å². The largest absolute Gasteiger partial charge is 0.315 e. The topological polar surface area (TPSA) is 42.0 Å². The second kappa shape index (κ2) is 3.64. The summed E-state index contributed by atoms with van der Waals surface area (Å²) in [5.41, 5.74) is 0. The molecular weight excluding hydrogens is 192 g/mol. The summed E-state index contributed by atoms with van der Waals surface area (Å²) in [6.07, 6.45) is 2.71. The first-order valence-electron chi connectivity index (χ1n) is 3.89. The molecule has 0 aliphatic carbocycles. The van der Waals surface area contributed by atoms with Gasteiger partial charge < -0.3 is 5.32 Å². The van der Waals surface area contributed by atoms with Crippen molar-refractivity contribution in [1.82, 2.24) is 10.3 Å². The van der Waals surface area contributed by atoms with E-state index in [1.165, 1.54) is 11.3 Å². The van der Waals surface area contributed by atoms with E-state index in [4.69, 9.17) is 0 Å². The van der Waals surface area contributed by atoms with Gasteiger partial charge in [0.2, 0.25) is 0 Å². The van der Waals surface area contributed by atoms with Crippen molar-refractivity contribution in [2.75, 3.05) is 13.1 Å². The van der Waals surface area contributed by atoms with Gasteiger partial charge in [0.1, 0.15) is 0 Å². The van der Waals surface area contributed by atoms with E-state index < -0.39 is 10.8 Å². The highest BCUT2D eigenvalue weighted by atomic mass is 32.2. The minimum atomic E-state index is -0.883. The summed E-state index contributed by atoms with van der Waals surface area (Å²) < 4.78 is 12.5. The average Bonchev–Trinajstić information content (AvgIpc) is 2.77. The number of rotatable bonds is 2. The molecule has 1 fully saturated rings. The van der Waals surface area contributed by atoms with Gasteiger partial charge in [-0.05, 0) is 13.0 Å². The van der Waals surface area contributed by atoms with E-state index in [9.17, 15) is 4.21 Å². The summed E-state index contributed by atoms with van der Waals surface area (Å²) in [6.45, 7) is 1.86. The van der Waals surface area contributed by atoms with Crippen LogP contribution in [0.25, 0.3) is 0 Å². The predicted molar refractivity (Wildman–Crippen MR) is 49.8 cm³/mol. The van der Waals surface area contributed by atoms with Crippen molar-refractivity contribution in [1.29, 1.82) is 0 Å². The van der Waals surface area contributed by atoms with Gasteiger partial charge in [-0.2, -0.15) is 0 Å². The Bertz CT molecular complexity index is 267. The first-order chi connectivity index (χ1) is 5.88. The molecule has 1 aromatic rings. The van der Waals surface area contributed by atoms with E-state index in [2.05, 4.69) is 10.3 Å². The molecule has 0 amide bonds. The van der Waals surface area contributed by atoms with Crippen LogP contribution in [-0.4, -0.2) is 27.5 Å². The number of hydrogen-bond acceptors (Lipinski definition) is 4. The molecule has 5 heteroatoms. The Hall–Kier alpha value is -0.260. The first kappa shape index (κ1) is 8.34. The van der Waals surface area contributed by atoms with Crippen LogP contribution < -0.4 is 5.32 Å². The molecule has 2 heterocycles. The summed E-state index contributed by atoms with van der Waals surface area (Å²) in [5, 5.41) is 5.34. The molecule has 2 atom stereocenters. The third-order valence-corrected chi connectivity index (χ3v) is 4.70. The summed E-state index contributed by atoms with van der Waals surface area (Å²) in [4.78, 5) is 4.05. The second-order valence-corrected chi connectivity index (χ2v) is 5.51. The molecule has 0 spiro atoms. The minimum absolute atomic E-state index is 0.274. The third kappa shape index (κ3) is 1.57. The Morgan fingerprint density at radius 3 is 3.25 bits per heavy atom. The van der Waals surface area contributed by atoms with Crippen LogP contribution in [-0.2, 0) is 10.8 Å². The van der Waals surface area contributed by atoms with Crippen LogP contribution in [0.3, 0.4) is 0 Å². The normalized spacial score (nSPS) is 25.8. The SMILES string of the molecule is O=[S@@](c1nccs1)[C@H]1CCNC1. The Labute approximate surface area is 77.7 Å². The number of nitrogens with one attached hydrogen (secondary N) is 1. The van der Waals surface area contributed by atoms with E-state index in [1.807, 2.05) is 5.38 Å². The number of hydrogen-bond donors (Lipinski definition) is 1. The van der Waals surface area contributed by atoms with Crippen molar-refractivity contribution >= 4 is 22.1 Å². The van der Waals surface area contributed by atoms with Crippen LogP contribution in [0.4, 0.5) is 0 Å². The second-order valence-electron chi connectivity index (χ2n) is 2.71. The number of thiazole rings is 1. The molecule has 12 heavy (non-hydrogen) atoms. The lowest BCUT2D eigenvalue weighted by Crippen LogP contribution is -2.18. The van der Waals surface area contributed by atoms with E-state index in [0.717, 1.165) is 23.8 Å². The van der Waals surface area contributed by atoms with Gasteiger partial charge in [-0.1, -0.05) is 0 Å². The van der Waals surface area contributed by atoms with Gasteiger partial charge in [0, 0.05) is 18.1 Å². The highest BCUT2D eigenvalue weighted by Crippen LogP contribution is 2.17. The summed E-state index contributed by atoms with van der Waals surface area (Å²) >= 11 is 1.48. The molecule has 0 aromatic carbocycles. The monoisotopic (exact) mass is 202 g/mol. The third-order valence-electron chi connectivity index (χ3n) is 1.90. The number of nitrogens with zero attached hydrogens (tertiary/aromatic N) is 1. The summed E-state index contributed by atoms with van der Waals surface area (Å²) in [6, 6.07) is 0. The lowest BCUT2D eigenvalue weighted by Gasteiger charge is -2.03. The molecule has 1 aromatic heterocycles. The van der Waals surface area contributed by atoms with E-state index in [0.29, 0.717) is 0 Å². The summed E-state index contributed by atoms with van der Waals surface area (Å²) in [5.74, 6) is 0. The van der Waals surface area contributed by atoms with Gasteiger partial charge >= 0.3 is 0 Å². The highest BCUT2D eigenvalue weighted by molar-refractivity contribution is 7.87. The zero-order valence-electron chi connectivity index (χ0n) is 6.53. The molecule has 1 N–H and O–H groups in total. The zero-order chi connectivity index (χ0) is 8.39. The molecule has 0 unspecified atom stereocenters. The number of aromatic nitrogens is 1. The Morgan fingerprint density at radius 1 is 1.75 bits per heavy atom. The molecule has 0 bridgehead atoms. The quantitative estimate of drug-likeness (QED) is 0.764. The lowest BCUT2D eigenvalue weighted by atomic mass is 10.4. The Balaban J connectivity index is 2.09. The van der Waals surface area contributed by atoms with Crippen LogP contribution in [0.15, 0.2) is 15.9 Å². The van der Waals surface area contributed by atoms with E-state index in [-0.39, 0.29) is 5.25 Å². The van der Waals surface area contributed by atoms with Crippen LogP contribution in [0.5, 0.6) is 0 Å². The van der Waals surface area contributed by atoms with Gasteiger partial charge in [0.15, 0.2) is 4.34 Å².